The minimum absolute atomic E-state index is 0.870. The van der Waals surface area contributed by atoms with Gasteiger partial charge >= 0.3 is 0 Å². The van der Waals surface area contributed by atoms with Gasteiger partial charge in [-0.2, -0.15) is 0 Å². The Hall–Kier alpha value is -5.86. The molecule has 2 heteroatoms. The van der Waals surface area contributed by atoms with Crippen LogP contribution in [-0.2, 0) is 6.42 Å². The van der Waals surface area contributed by atoms with E-state index in [0.29, 0.717) is 0 Å². The molecule has 1 aliphatic rings. The Morgan fingerprint density at radius 3 is 1.80 bits per heavy atom. The van der Waals surface area contributed by atoms with Crippen molar-refractivity contribution in [1.82, 2.24) is 0 Å². The minimum Gasteiger partial charge on any atom is -0.456 e. The molecule has 0 spiro atoms. The lowest BCUT2D eigenvalue weighted by Crippen LogP contribution is -1.91. The van der Waals surface area contributed by atoms with Gasteiger partial charge < -0.3 is 8.83 Å². The highest BCUT2D eigenvalue weighted by Gasteiger charge is 2.24. The maximum absolute atomic E-state index is 6.65. The van der Waals surface area contributed by atoms with E-state index in [1.165, 1.54) is 54.7 Å². The van der Waals surface area contributed by atoms with E-state index in [9.17, 15) is 0 Å². The normalized spacial score (nSPS) is 13.0. The number of hydrogen-bond acceptors (Lipinski definition) is 2. The van der Waals surface area contributed by atoms with Gasteiger partial charge in [0.15, 0.2) is 0 Å². The van der Waals surface area contributed by atoms with Crippen molar-refractivity contribution >= 4 is 60.5 Å². The highest BCUT2D eigenvalue weighted by atomic mass is 16.3. The number of para-hydroxylation sites is 1. The molecule has 0 saturated heterocycles. The average molecular weight is 589 g/mol. The number of furan rings is 2. The molecule has 46 heavy (non-hydrogen) atoms. The van der Waals surface area contributed by atoms with Gasteiger partial charge in [-0.05, 0) is 86.5 Å². The van der Waals surface area contributed by atoms with E-state index in [0.717, 1.165) is 57.3 Å². The minimum atomic E-state index is 0.870. The molecule has 0 unspecified atom stereocenters. The highest BCUT2D eigenvalue weighted by molar-refractivity contribution is 6.23. The van der Waals surface area contributed by atoms with E-state index in [-0.39, 0.29) is 0 Å². The van der Waals surface area contributed by atoms with Crippen molar-refractivity contribution in [3.8, 4) is 33.4 Å². The molecule has 0 atom stereocenters. The average Bonchev–Trinajstić information content (AvgIpc) is 3.69. The molecule has 2 aromatic heterocycles. The monoisotopic (exact) mass is 588 g/mol. The van der Waals surface area contributed by atoms with Gasteiger partial charge in [-0.1, -0.05) is 121 Å². The van der Waals surface area contributed by atoms with Gasteiger partial charge in [0.1, 0.15) is 22.5 Å². The van der Waals surface area contributed by atoms with E-state index in [1.54, 1.807) is 0 Å². The van der Waals surface area contributed by atoms with Crippen LogP contribution in [0.15, 0.2) is 148 Å². The summed E-state index contributed by atoms with van der Waals surface area (Å²) < 4.78 is 13.2. The molecule has 2 nitrogen and oxygen atoms in total. The summed E-state index contributed by atoms with van der Waals surface area (Å²) in [4.78, 5) is 0. The van der Waals surface area contributed by atoms with Crippen molar-refractivity contribution in [2.45, 2.75) is 12.8 Å². The predicted molar refractivity (Wildman–Crippen MR) is 192 cm³/mol. The summed E-state index contributed by atoms with van der Waals surface area (Å²) in [7, 11) is 0. The first kappa shape index (κ1) is 25.5. The second-order valence-electron chi connectivity index (χ2n) is 12.3. The van der Waals surface area contributed by atoms with Gasteiger partial charge in [0.2, 0.25) is 0 Å². The Morgan fingerprint density at radius 2 is 1.07 bits per heavy atom. The van der Waals surface area contributed by atoms with Crippen LogP contribution in [-0.4, -0.2) is 0 Å². The third-order valence-corrected chi connectivity index (χ3v) is 9.72. The molecule has 9 aromatic rings. The van der Waals surface area contributed by atoms with Gasteiger partial charge in [0, 0.05) is 21.9 Å². The van der Waals surface area contributed by atoms with E-state index >= 15 is 0 Å². The molecule has 216 valence electrons. The van der Waals surface area contributed by atoms with Crippen molar-refractivity contribution in [2.75, 3.05) is 0 Å². The van der Waals surface area contributed by atoms with Crippen molar-refractivity contribution in [3.05, 3.63) is 151 Å². The van der Waals surface area contributed by atoms with Crippen LogP contribution in [0.2, 0.25) is 0 Å². The topological polar surface area (TPSA) is 26.3 Å². The number of allylic oxidation sites excluding steroid dienone is 1. The van der Waals surface area contributed by atoms with E-state index in [1.807, 2.05) is 6.07 Å². The Kier molecular flexibility index (Phi) is 5.44. The van der Waals surface area contributed by atoms with Gasteiger partial charge in [-0.25, -0.2) is 0 Å². The van der Waals surface area contributed by atoms with Crippen LogP contribution in [0, 0.1) is 0 Å². The zero-order valence-electron chi connectivity index (χ0n) is 25.1. The second-order valence-corrected chi connectivity index (χ2v) is 12.3. The van der Waals surface area contributed by atoms with Crippen molar-refractivity contribution in [1.29, 1.82) is 0 Å². The fraction of sp³-hybridized carbons (Fsp3) is 0.0455. The molecular formula is C44H28O2. The molecule has 0 radical (unpaired) electrons. The van der Waals surface area contributed by atoms with Gasteiger partial charge in [-0.3, -0.25) is 0 Å². The zero-order chi connectivity index (χ0) is 30.2. The van der Waals surface area contributed by atoms with Crippen molar-refractivity contribution < 1.29 is 8.83 Å². The molecule has 7 aromatic carbocycles. The summed E-state index contributed by atoms with van der Waals surface area (Å²) in [6, 6.07) is 48.0. The third kappa shape index (κ3) is 3.64. The highest BCUT2D eigenvalue weighted by Crippen LogP contribution is 2.47. The van der Waals surface area contributed by atoms with Crippen LogP contribution in [0.5, 0.6) is 0 Å². The lowest BCUT2D eigenvalue weighted by atomic mass is 9.85. The number of rotatable bonds is 3. The number of benzene rings is 7. The summed E-state index contributed by atoms with van der Waals surface area (Å²) >= 11 is 0. The molecule has 10 rings (SSSR count). The molecule has 0 fully saturated rings. The lowest BCUT2D eigenvalue weighted by Gasteiger charge is -2.18. The van der Waals surface area contributed by atoms with E-state index in [4.69, 9.17) is 8.83 Å². The first-order valence-electron chi connectivity index (χ1n) is 16.0. The molecule has 1 aliphatic carbocycles. The molecule has 0 aliphatic heterocycles. The maximum atomic E-state index is 6.65. The van der Waals surface area contributed by atoms with Crippen LogP contribution in [0.4, 0.5) is 0 Å². The van der Waals surface area contributed by atoms with E-state index in [2.05, 4.69) is 140 Å². The summed E-state index contributed by atoms with van der Waals surface area (Å²) in [5.74, 6) is 0.968. The van der Waals surface area contributed by atoms with Gasteiger partial charge in [0.25, 0.3) is 0 Å². The summed E-state index contributed by atoms with van der Waals surface area (Å²) in [5, 5.41) is 8.33. The molecule has 2 heterocycles. The van der Waals surface area contributed by atoms with Gasteiger partial charge in [0.05, 0.1) is 5.39 Å². The summed E-state index contributed by atoms with van der Waals surface area (Å²) in [5.41, 5.74) is 11.1. The molecular weight excluding hydrogens is 560 g/mol. The maximum Gasteiger partial charge on any atom is 0.147 e. The van der Waals surface area contributed by atoms with Crippen LogP contribution in [0.25, 0.3) is 93.9 Å². The fourth-order valence-corrected chi connectivity index (χ4v) is 7.73. The van der Waals surface area contributed by atoms with Crippen LogP contribution in [0.3, 0.4) is 0 Å². The third-order valence-electron chi connectivity index (χ3n) is 9.72. The lowest BCUT2D eigenvalue weighted by molar-refractivity contribution is 0.598. The summed E-state index contributed by atoms with van der Waals surface area (Å²) in [6.45, 7) is 0. The molecule has 0 N–H and O–H groups in total. The zero-order valence-corrected chi connectivity index (χ0v) is 25.1. The Morgan fingerprint density at radius 1 is 0.457 bits per heavy atom. The molecule has 0 amide bonds. The number of aryl methyl sites for hydroxylation is 1. The van der Waals surface area contributed by atoms with Crippen molar-refractivity contribution in [3.63, 3.8) is 0 Å². The van der Waals surface area contributed by atoms with E-state index < -0.39 is 0 Å². The number of fused-ring (bicyclic) bond motifs is 9. The second kappa shape index (κ2) is 9.82. The molecule has 0 saturated carbocycles. The van der Waals surface area contributed by atoms with Crippen LogP contribution < -0.4 is 0 Å². The largest absolute Gasteiger partial charge is 0.456 e. The standard InChI is InChI=1S/C44H28O2/c1-2-13-27(14-3-1)40-31-18-4-6-20-33(31)41(34-21-7-5-19-32(34)40)29-16-12-15-28(25-29)36-26-37-30-17-8-10-23-38(30)45-44(37)42-35-22-9-11-24-39(35)46-43(36)42/h1-7,9-16,18-26H,8,17H2. The smallest absolute Gasteiger partial charge is 0.147 e. The molecule has 0 bridgehead atoms. The quantitative estimate of drug-likeness (QED) is 0.192. The summed E-state index contributed by atoms with van der Waals surface area (Å²) in [6.07, 6.45) is 6.33. The SMILES string of the molecule is C1=Cc2oc3c(cc(-c4cccc(-c5c6ccccc6c(-c6ccccc6)c6ccccc56)c4)c4oc5ccccc5c43)c2CC1. The van der Waals surface area contributed by atoms with Gasteiger partial charge in [-0.15, -0.1) is 0 Å². The Bertz CT molecular complexity index is 2630. The van der Waals surface area contributed by atoms with Crippen LogP contribution in [0.1, 0.15) is 17.7 Å². The first-order chi connectivity index (χ1) is 22.8. The Balaban J connectivity index is 1.28. The first-order valence-corrected chi connectivity index (χ1v) is 16.0. The van der Waals surface area contributed by atoms with Crippen LogP contribution >= 0.6 is 0 Å². The Labute approximate surface area is 265 Å². The van der Waals surface area contributed by atoms with Crippen molar-refractivity contribution in [2.24, 2.45) is 0 Å². The fourth-order valence-electron chi connectivity index (χ4n) is 7.73. The predicted octanol–water partition coefficient (Wildman–Crippen LogP) is 12.6. The number of hydrogen-bond donors (Lipinski definition) is 0.